The Morgan fingerprint density at radius 1 is 1.67 bits per heavy atom. The number of aromatic nitrogens is 2. The Balaban J connectivity index is 1.96. The molecule has 1 saturated heterocycles. The zero-order chi connectivity index (χ0) is 13.0. The van der Waals surface area contributed by atoms with Crippen molar-refractivity contribution in [3.63, 3.8) is 0 Å². The van der Waals surface area contributed by atoms with Gasteiger partial charge in [0.15, 0.2) is 0 Å². The SMILES string of the molecule is CCCC1(C(=O)NCc2ccnn2C)CCNC1. The molecule has 0 spiro atoms. The fourth-order valence-corrected chi connectivity index (χ4v) is 2.68. The van der Waals surface area contributed by atoms with Crippen LogP contribution in [-0.2, 0) is 18.4 Å². The van der Waals surface area contributed by atoms with Gasteiger partial charge in [-0.25, -0.2) is 0 Å². The zero-order valence-corrected chi connectivity index (χ0v) is 11.2. The molecule has 2 heterocycles. The van der Waals surface area contributed by atoms with E-state index in [0.717, 1.165) is 38.0 Å². The third kappa shape index (κ3) is 2.56. The van der Waals surface area contributed by atoms with Crippen molar-refractivity contribution < 1.29 is 4.79 Å². The highest BCUT2D eigenvalue weighted by molar-refractivity contribution is 5.83. The van der Waals surface area contributed by atoms with Gasteiger partial charge >= 0.3 is 0 Å². The predicted octanol–water partition coefficient (Wildman–Crippen LogP) is 0.816. The summed E-state index contributed by atoms with van der Waals surface area (Å²) in [7, 11) is 1.89. The van der Waals surface area contributed by atoms with Crippen LogP contribution in [0, 0.1) is 5.41 Å². The van der Waals surface area contributed by atoms with E-state index in [9.17, 15) is 4.79 Å². The molecular weight excluding hydrogens is 228 g/mol. The first-order chi connectivity index (χ1) is 8.68. The molecular formula is C13H22N4O. The number of carbonyl (C=O) groups is 1. The lowest BCUT2D eigenvalue weighted by atomic mass is 9.81. The molecule has 0 aliphatic carbocycles. The van der Waals surface area contributed by atoms with Crippen molar-refractivity contribution in [2.45, 2.75) is 32.7 Å². The van der Waals surface area contributed by atoms with Crippen LogP contribution in [0.25, 0.3) is 0 Å². The normalized spacial score (nSPS) is 23.2. The van der Waals surface area contributed by atoms with Gasteiger partial charge < -0.3 is 10.6 Å². The fourth-order valence-electron chi connectivity index (χ4n) is 2.68. The number of hydrogen-bond acceptors (Lipinski definition) is 3. The molecule has 0 aromatic carbocycles. The van der Waals surface area contributed by atoms with Crippen LogP contribution in [0.3, 0.4) is 0 Å². The smallest absolute Gasteiger partial charge is 0.227 e. The summed E-state index contributed by atoms with van der Waals surface area (Å²) in [5.41, 5.74) is 0.828. The minimum Gasteiger partial charge on any atom is -0.350 e. The summed E-state index contributed by atoms with van der Waals surface area (Å²) in [6.45, 7) is 4.44. The minimum atomic E-state index is -0.201. The van der Waals surface area contributed by atoms with Crippen LogP contribution in [0.15, 0.2) is 12.3 Å². The molecule has 18 heavy (non-hydrogen) atoms. The van der Waals surface area contributed by atoms with Crippen molar-refractivity contribution in [3.05, 3.63) is 18.0 Å². The molecule has 1 unspecified atom stereocenters. The number of nitrogens with zero attached hydrogens (tertiary/aromatic N) is 2. The molecule has 2 rings (SSSR count). The highest BCUT2D eigenvalue weighted by Gasteiger charge is 2.39. The van der Waals surface area contributed by atoms with Gasteiger partial charge in [0, 0.05) is 19.8 Å². The lowest BCUT2D eigenvalue weighted by molar-refractivity contribution is -0.130. The van der Waals surface area contributed by atoms with Crippen LogP contribution in [-0.4, -0.2) is 28.8 Å². The molecule has 1 aromatic rings. The molecule has 1 amide bonds. The maximum absolute atomic E-state index is 12.4. The van der Waals surface area contributed by atoms with Crippen LogP contribution < -0.4 is 10.6 Å². The third-order valence-corrected chi connectivity index (χ3v) is 3.81. The fraction of sp³-hybridized carbons (Fsp3) is 0.692. The standard InChI is InChI=1S/C13H22N4O/c1-3-5-13(6-8-14-10-13)12(18)15-9-11-4-7-16-17(11)2/h4,7,14H,3,5-6,8-10H2,1-2H3,(H,15,18). The van der Waals surface area contributed by atoms with Crippen molar-refractivity contribution in [2.24, 2.45) is 12.5 Å². The molecule has 1 fully saturated rings. The van der Waals surface area contributed by atoms with Crippen molar-refractivity contribution in [2.75, 3.05) is 13.1 Å². The van der Waals surface area contributed by atoms with Gasteiger partial charge in [-0.2, -0.15) is 5.10 Å². The maximum atomic E-state index is 12.4. The van der Waals surface area contributed by atoms with Gasteiger partial charge in [-0.15, -0.1) is 0 Å². The molecule has 1 aliphatic heterocycles. The Morgan fingerprint density at radius 3 is 3.06 bits per heavy atom. The lowest BCUT2D eigenvalue weighted by Crippen LogP contribution is -2.42. The van der Waals surface area contributed by atoms with E-state index >= 15 is 0 Å². The summed E-state index contributed by atoms with van der Waals surface area (Å²) in [6, 6.07) is 1.93. The molecule has 5 heteroatoms. The quantitative estimate of drug-likeness (QED) is 0.813. The van der Waals surface area contributed by atoms with Crippen LogP contribution in [0.5, 0.6) is 0 Å². The van der Waals surface area contributed by atoms with Gasteiger partial charge in [-0.1, -0.05) is 13.3 Å². The van der Waals surface area contributed by atoms with Crippen molar-refractivity contribution in [1.82, 2.24) is 20.4 Å². The van der Waals surface area contributed by atoms with Crippen LogP contribution >= 0.6 is 0 Å². The van der Waals surface area contributed by atoms with Crippen LogP contribution in [0.1, 0.15) is 31.9 Å². The highest BCUT2D eigenvalue weighted by Crippen LogP contribution is 2.31. The van der Waals surface area contributed by atoms with E-state index in [-0.39, 0.29) is 11.3 Å². The van der Waals surface area contributed by atoms with Crippen molar-refractivity contribution in [1.29, 1.82) is 0 Å². The largest absolute Gasteiger partial charge is 0.350 e. The van der Waals surface area contributed by atoms with Gasteiger partial charge in [0.25, 0.3) is 0 Å². The zero-order valence-electron chi connectivity index (χ0n) is 11.2. The molecule has 5 nitrogen and oxygen atoms in total. The van der Waals surface area contributed by atoms with E-state index < -0.39 is 0 Å². The van der Waals surface area contributed by atoms with Crippen molar-refractivity contribution >= 4 is 5.91 Å². The molecule has 0 radical (unpaired) electrons. The lowest BCUT2D eigenvalue weighted by Gasteiger charge is -2.26. The number of aryl methyl sites for hydroxylation is 1. The van der Waals surface area contributed by atoms with E-state index in [1.54, 1.807) is 10.9 Å². The van der Waals surface area contributed by atoms with Gasteiger partial charge in [-0.3, -0.25) is 9.48 Å². The van der Waals surface area contributed by atoms with Crippen molar-refractivity contribution in [3.8, 4) is 0 Å². The van der Waals surface area contributed by atoms with Gasteiger partial charge in [0.1, 0.15) is 0 Å². The molecule has 0 saturated carbocycles. The molecule has 0 bridgehead atoms. The Morgan fingerprint density at radius 2 is 2.50 bits per heavy atom. The number of nitrogens with one attached hydrogen (secondary N) is 2. The summed E-state index contributed by atoms with van der Waals surface area (Å²) in [5, 5.41) is 10.5. The van der Waals surface area contributed by atoms with E-state index in [0.29, 0.717) is 6.54 Å². The van der Waals surface area contributed by atoms with E-state index in [1.165, 1.54) is 0 Å². The monoisotopic (exact) mass is 250 g/mol. The van der Waals surface area contributed by atoms with E-state index in [2.05, 4.69) is 22.7 Å². The number of hydrogen-bond donors (Lipinski definition) is 2. The Hall–Kier alpha value is -1.36. The molecule has 2 N–H and O–H groups in total. The summed E-state index contributed by atoms with van der Waals surface area (Å²) in [4.78, 5) is 12.4. The summed E-state index contributed by atoms with van der Waals surface area (Å²) in [6.07, 6.45) is 4.69. The number of carbonyl (C=O) groups excluding carboxylic acids is 1. The summed E-state index contributed by atoms with van der Waals surface area (Å²) in [5.74, 6) is 0.176. The Kier molecular flexibility index (Phi) is 4.01. The second kappa shape index (κ2) is 5.52. The average molecular weight is 250 g/mol. The molecule has 1 aromatic heterocycles. The van der Waals surface area contributed by atoms with Crippen LogP contribution in [0.2, 0.25) is 0 Å². The Bertz CT molecular complexity index is 407. The first-order valence-corrected chi connectivity index (χ1v) is 6.64. The van der Waals surface area contributed by atoms with Gasteiger partial charge in [0.05, 0.1) is 17.7 Å². The van der Waals surface area contributed by atoms with Crippen LogP contribution in [0.4, 0.5) is 0 Å². The average Bonchev–Trinajstić information content (AvgIpc) is 2.97. The predicted molar refractivity (Wildman–Crippen MR) is 69.9 cm³/mol. The van der Waals surface area contributed by atoms with Gasteiger partial charge in [-0.05, 0) is 25.5 Å². The summed E-state index contributed by atoms with van der Waals surface area (Å²) < 4.78 is 1.79. The molecule has 1 atom stereocenters. The molecule has 1 aliphatic rings. The van der Waals surface area contributed by atoms with Gasteiger partial charge in [0.2, 0.25) is 5.91 Å². The van der Waals surface area contributed by atoms with E-state index in [4.69, 9.17) is 0 Å². The third-order valence-electron chi connectivity index (χ3n) is 3.81. The summed E-state index contributed by atoms with van der Waals surface area (Å²) >= 11 is 0. The number of amides is 1. The topological polar surface area (TPSA) is 59.0 Å². The molecule has 100 valence electrons. The first kappa shape index (κ1) is 13.1. The maximum Gasteiger partial charge on any atom is 0.227 e. The second-order valence-electron chi connectivity index (χ2n) is 5.09. The Labute approximate surface area is 108 Å². The second-order valence-corrected chi connectivity index (χ2v) is 5.09. The first-order valence-electron chi connectivity index (χ1n) is 6.64. The highest BCUT2D eigenvalue weighted by atomic mass is 16.2. The minimum absolute atomic E-state index is 0.176. The van der Waals surface area contributed by atoms with E-state index in [1.807, 2.05) is 13.1 Å². The number of rotatable bonds is 5.